The molecule has 2 rings (SSSR count). The Balaban J connectivity index is 2.31. The van der Waals surface area contributed by atoms with E-state index in [1.54, 1.807) is 12.4 Å². The van der Waals surface area contributed by atoms with Crippen molar-refractivity contribution in [2.75, 3.05) is 0 Å². The van der Waals surface area contributed by atoms with Crippen molar-refractivity contribution in [1.29, 1.82) is 0 Å². The van der Waals surface area contributed by atoms with Gasteiger partial charge in [-0.3, -0.25) is 0 Å². The largest absolute Gasteiger partial charge is 0.237 e. The third kappa shape index (κ3) is 1.19. The maximum Gasteiger partial charge on any atom is 0.155 e. The molecule has 0 unspecified atom stereocenters. The van der Waals surface area contributed by atoms with E-state index < -0.39 is 0 Å². The van der Waals surface area contributed by atoms with E-state index in [4.69, 9.17) is 0 Å². The van der Waals surface area contributed by atoms with Crippen LogP contribution in [0.3, 0.4) is 0 Å². The lowest BCUT2D eigenvalue weighted by Gasteiger charge is -1.96. The molecule has 1 aliphatic carbocycles. The molecule has 0 spiro atoms. The lowest BCUT2D eigenvalue weighted by atomic mass is 10.2. The molecule has 0 saturated heterocycles. The first kappa shape index (κ1) is 6.28. The zero-order valence-corrected chi connectivity index (χ0v) is 6.07. The number of hydrogen-bond acceptors (Lipinski definition) is 2. The molecule has 11 heavy (non-hydrogen) atoms. The molecule has 1 aliphatic rings. The Morgan fingerprint density at radius 2 is 2.00 bits per heavy atom. The van der Waals surface area contributed by atoms with Gasteiger partial charge in [0.05, 0.1) is 0 Å². The van der Waals surface area contributed by atoms with Crippen LogP contribution in [0.2, 0.25) is 0 Å². The minimum Gasteiger partial charge on any atom is -0.237 e. The van der Waals surface area contributed by atoms with E-state index in [9.17, 15) is 0 Å². The van der Waals surface area contributed by atoms with Crippen LogP contribution in [-0.4, -0.2) is 9.97 Å². The highest BCUT2D eigenvalue weighted by Crippen LogP contribution is 2.18. The van der Waals surface area contributed by atoms with Gasteiger partial charge in [0.15, 0.2) is 5.82 Å². The van der Waals surface area contributed by atoms with Crippen LogP contribution >= 0.6 is 0 Å². The second kappa shape index (κ2) is 2.66. The van der Waals surface area contributed by atoms with Gasteiger partial charge in [0, 0.05) is 18.0 Å². The first-order valence-electron chi connectivity index (χ1n) is 3.60. The van der Waals surface area contributed by atoms with E-state index in [2.05, 4.69) is 22.1 Å². The van der Waals surface area contributed by atoms with Crippen LogP contribution < -0.4 is 0 Å². The van der Waals surface area contributed by atoms with Gasteiger partial charge in [-0.05, 0) is 12.5 Å². The molecule has 54 valence electrons. The Morgan fingerprint density at radius 1 is 1.18 bits per heavy atom. The molecular weight excluding hydrogens is 136 g/mol. The van der Waals surface area contributed by atoms with Gasteiger partial charge in [0.25, 0.3) is 0 Å². The number of hydrogen-bond donors (Lipinski definition) is 0. The lowest BCUT2D eigenvalue weighted by molar-refractivity contribution is 1.10. The van der Waals surface area contributed by atoms with E-state index in [-0.39, 0.29) is 0 Å². The molecule has 0 radical (unpaired) electrons. The predicted octanol–water partition coefficient (Wildman–Crippen LogP) is 1.82. The summed E-state index contributed by atoms with van der Waals surface area (Å²) >= 11 is 0. The smallest absolute Gasteiger partial charge is 0.155 e. The molecule has 1 aromatic rings. The van der Waals surface area contributed by atoms with Crippen molar-refractivity contribution in [3.05, 3.63) is 42.5 Å². The van der Waals surface area contributed by atoms with Crippen LogP contribution in [0.5, 0.6) is 0 Å². The fraction of sp³-hybridized carbons (Fsp3) is 0.111. The summed E-state index contributed by atoms with van der Waals surface area (Å²) in [5, 5.41) is 0. The Morgan fingerprint density at radius 3 is 2.64 bits per heavy atom. The van der Waals surface area contributed by atoms with Gasteiger partial charge in [-0.2, -0.15) is 0 Å². The van der Waals surface area contributed by atoms with Crippen molar-refractivity contribution in [2.45, 2.75) is 6.42 Å². The normalized spacial score (nSPS) is 15.1. The third-order valence-corrected chi connectivity index (χ3v) is 1.62. The minimum atomic E-state index is 0.845. The molecule has 0 bridgehead atoms. The number of aromatic nitrogens is 2. The van der Waals surface area contributed by atoms with Crippen molar-refractivity contribution in [1.82, 2.24) is 9.97 Å². The van der Waals surface area contributed by atoms with Gasteiger partial charge >= 0.3 is 0 Å². The molecule has 0 atom stereocenters. The molecule has 0 fully saturated rings. The number of nitrogens with zero attached hydrogens (tertiary/aromatic N) is 2. The Hall–Kier alpha value is -1.44. The Labute approximate surface area is 65.3 Å². The highest BCUT2D eigenvalue weighted by Gasteiger charge is 2.03. The van der Waals surface area contributed by atoms with E-state index in [0.717, 1.165) is 12.2 Å². The van der Waals surface area contributed by atoms with E-state index in [1.165, 1.54) is 5.57 Å². The van der Waals surface area contributed by atoms with Crippen molar-refractivity contribution in [3.8, 4) is 0 Å². The van der Waals surface area contributed by atoms with Crippen LogP contribution in [-0.2, 0) is 0 Å². The first-order chi connectivity index (χ1) is 5.47. The topological polar surface area (TPSA) is 25.8 Å². The SMILES string of the molecule is C1=CCC(c2ncccn2)=C1. The van der Waals surface area contributed by atoms with E-state index in [1.807, 2.05) is 12.1 Å². The predicted molar refractivity (Wildman–Crippen MR) is 43.8 cm³/mol. The van der Waals surface area contributed by atoms with Crippen LogP contribution in [0, 0.1) is 0 Å². The average molecular weight is 144 g/mol. The molecular formula is C9H8N2. The van der Waals surface area contributed by atoms with E-state index in [0.29, 0.717) is 0 Å². The highest BCUT2D eigenvalue weighted by atomic mass is 14.9. The van der Waals surface area contributed by atoms with Crippen molar-refractivity contribution in [3.63, 3.8) is 0 Å². The summed E-state index contributed by atoms with van der Waals surface area (Å²) in [6.07, 6.45) is 10.7. The quantitative estimate of drug-likeness (QED) is 0.600. The van der Waals surface area contributed by atoms with Gasteiger partial charge < -0.3 is 0 Å². The van der Waals surface area contributed by atoms with Crippen LogP contribution in [0.15, 0.2) is 36.7 Å². The summed E-state index contributed by atoms with van der Waals surface area (Å²) < 4.78 is 0. The molecule has 1 aromatic heterocycles. The van der Waals surface area contributed by atoms with Gasteiger partial charge in [-0.15, -0.1) is 0 Å². The third-order valence-electron chi connectivity index (χ3n) is 1.62. The first-order valence-corrected chi connectivity index (χ1v) is 3.60. The molecule has 0 N–H and O–H groups in total. The molecule has 0 amide bonds. The van der Waals surface area contributed by atoms with Gasteiger partial charge in [0.1, 0.15) is 0 Å². The van der Waals surface area contributed by atoms with E-state index >= 15 is 0 Å². The molecule has 0 aromatic carbocycles. The molecule has 2 nitrogen and oxygen atoms in total. The zero-order valence-electron chi connectivity index (χ0n) is 6.07. The fourth-order valence-electron chi connectivity index (χ4n) is 1.08. The van der Waals surface area contributed by atoms with Crippen molar-refractivity contribution < 1.29 is 0 Å². The van der Waals surface area contributed by atoms with Crippen LogP contribution in [0.25, 0.3) is 5.57 Å². The molecule has 2 heteroatoms. The molecule has 0 aliphatic heterocycles. The standard InChI is InChI=1S/C9H8N2/c1-2-5-8(4-1)9-10-6-3-7-11-9/h1-4,6-7H,5H2. The summed E-state index contributed by atoms with van der Waals surface area (Å²) in [6, 6.07) is 1.83. The lowest BCUT2D eigenvalue weighted by Crippen LogP contribution is -1.89. The fourth-order valence-corrected chi connectivity index (χ4v) is 1.08. The van der Waals surface area contributed by atoms with Gasteiger partial charge in [-0.25, -0.2) is 9.97 Å². The van der Waals surface area contributed by atoms with Crippen molar-refractivity contribution in [2.24, 2.45) is 0 Å². The Kier molecular flexibility index (Phi) is 1.52. The number of allylic oxidation sites excluding steroid dienone is 4. The highest BCUT2D eigenvalue weighted by molar-refractivity contribution is 5.65. The van der Waals surface area contributed by atoms with Gasteiger partial charge in [0.2, 0.25) is 0 Å². The summed E-state index contributed by atoms with van der Waals surface area (Å²) in [5.74, 6) is 0.845. The van der Waals surface area contributed by atoms with Crippen LogP contribution in [0.4, 0.5) is 0 Å². The monoisotopic (exact) mass is 144 g/mol. The second-order valence-corrected chi connectivity index (χ2v) is 2.40. The summed E-state index contributed by atoms with van der Waals surface area (Å²) in [4.78, 5) is 8.28. The Bertz CT molecular complexity index is 299. The molecule has 0 saturated carbocycles. The second-order valence-electron chi connectivity index (χ2n) is 2.40. The van der Waals surface area contributed by atoms with Crippen molar-refractivity contribution >= 4 is 5.57 Å². The summed E-state index contributed by atoms with van der Waals surface area (Å²) in [6.45, 7) is 0. The maximum atomic E-state index is 4.14. The van der Waals surface area contributed by atoms with Gasteiger partial charge in [-0.1, -0.05) is 18.2 Å². The zero-order chi connectivity index (χ0) is 7.52. The summed E-state index contributed by atoms with van der Waals surface area (Å²) in [5.41, 5.74) is 1.20. The van der Waals surface area contributed by atoms with Crippen LogP contribution in [0.1, 0.15) is 12.2 Å². The maximum absolute atomic E-state index is 4.14. The molecule has 1 heterocycles. The summed E-state index contributed by atoms with van der Waals surface area (Å²) in [7, 11) is 0. The average Bonchev–Trinajstić information content (AvgIpc) is 2.58. The minimum absolute atomic E-state index is 0.845. The number of rotatable bonds is 1.